The maximum Gasteiger partial charge on any atom is 0.338 e. The van der Waals surface area contributed by atoms with Gasteiger partial charge in [-0.15, -0.1) is 5.10 Å². The van der Waals surface area contributed by atoms with Gasteiger partial charge in [0.05, 0.1) is 18.3 Å². The first-order valence-electron chi connectivity index (χ1n) is 14.2. The van der Waals surface area contributed by atoms with Gasteiger partial charge in [-0.2, -0.15) is 4.98 Å². The lowest BCUT2D eigenvalue weighted by Gasteiger charge is -2.30. The Balaban J connectivity index is 1.51. The maximum absolute atomic E-state index is 13.8. The number of hydrogen-bond donors (Lipinski definition) is 1. The Morgan fingerprint density at radius 2 is 1.88 bits per heavy atom. The summed E-state index contributed by atoms with van der Waals surface area (Å²) in [5, 5.41) is 8.83. The predicted molar refractivity (Wildman–Crippen MR) is 157 cm³/mol. The minimum absolute atomic E-state index is 0.00164. The highest BCUT2D eigenvalue weighted by molar-refractivity contribution is 7.98. The largest absolute Gasteiger partial charge is 0.490 e. The Labute approximate surface area is 240 Å². The topological polar surface area (TPSA) is 87.5 Å². The number of anilines is 1. The number of esters is 1. The Morgan fingerprint density at radius 3 is 2.60 bits per heavy atom. The number of benzene rings is 2. The Kier molecular flexibility index (Phi) is 8.99. The fraction of sp³-hybridized carbons (Fsp3) is 0.452. The van der Waals surface area contributed by atoms with Crippen molar-refractivity contribution < 1.29 is 19.0 Å². The number of fused-ring (bicyclic) bond motifs is 1. The quantitative estimate of drug-likeness (QED) is 0.210. The van der Waals surface area contributed by atoms with E-state index in [4.69, 9.17) is 24.3 Å². The van der Waals surface area contributed by atoms with Crippen molar-refractivity contribution in [3.63, 3.8) is 0 Å². The molecule has 2 aliphatic rings. The summed E-state index contributed by atoms with van der Waals surface area (Å²) in [4.78, 5) is 18.5. The predicted octanol–water partition coefficient (Wildman–Crippen LogP) is 6.92. The van der Waals surface area contributed by atoms with Crippen LogP contribution in [0.15, 0.2) is 65.0 Å². The highest BCUT2D eigenvalue weighted by atomic mass is 32.2. The van der Waals surface area contributed by atoms with Crippen molar-refractivity contribution in [2.75, 3.05) is 11.9 Å². The number of thioether (sulfide) groups is 1. The summed E-state index contributed by atoms with van der Waals surface area (Å²) in [6.45, 7) is 8.30. The first kappa shape index (κ1) is 28.1. The molecule has 1 fully saturated rings. The number of ether oxygens (including phenoxy) is 3. The van der Waals surface area contributed by atoms with Crippen molar-refractivity contribution in [2.24, 2.45) is 0 Å². The van der Waals surface area contributed by atoms with Crippen LogP contribution in [0.2, 0.25) is 0 Å². The molecule has 40 heavy (non-hydrogen) atoms. The fourth-order valence-electron chi connectivity index (χ4n) is 5.20. The van der Waals surface area contributed by atoms with Crippen LogP contribution in [0.3, 0.4) is 0 Å². The van der Waals surface area contributed by atoms with E-state index in [0.717, 1.165) is 37.0 Å². The van der Waals surface area contributed by atoms with Gasteiger partial charge in [0.15, 0.2) is 11.5 Å². The van der Waals surface area contributed by atoms with Crippen molar-refractivity contribution >= 4 is 23.7 Å². The smallest absolute Gasteiger partial charge is 0.338 e. The van der Waals surface area contributed by atoms with Gasteiger partial charge in [-0.05, 0) is 76.6 Å². The zero-order valence-electron chi connectivity index (χ0n) is 23.7. The van der Waals surface area contributed by atoms with Gasteiger partial charge in [0.25, 0.3) is 0 Å². The second-order valence-corrected chi connectivity index (χ2v) is 11.4. The van der Waals surface area contributed by atoms with Gasteiger partial charge in [0.2, 0.25) is 11.1 Å². The summed E-state index contributed by atoms with van der Waals surface area (Å²) >= 11 is 1.56. The molecule has 0 radical (unpaired) electrons. The molecule has 0 amide bonds. The van der Waals surface area contributed by atoms with Crippen molar-refractivity contribution in [3.8, 4) is 11.5 Å². The van der Waals surface area contributed by atoms with Gasteiger partial charge in [-0.25, -0.2) is 9.48 Å². The normalized spacial score (nSPS) is 17.4. The van der Waals surface area contributed by atoms with Gasteiger partial charge < -0.3 is 19.5 Å². The summed E-state index contributed by atoms with van der Waals surface area (Å²) in [6, 6.07) is 15.5. The van der Waals surface area contributed by atoms with Gasteiger partial charge in [-0.3, -0.25) is 0 Å². The molecular formula is C31H38N4O4S. The second-order valence-electron chi connectivity index (χ2n) is 10.5. The Hall–Kier alpha value is -3.46. The molecule has 2 aromatic carbocycles. The zero-order chi connectivity index (χ0) is 28.1. The molecule has 1 unspecified atom stereocenters. The molecular weight excluding hydrogens is 524 g/mol. The number of hydrogen-bond acceptors (Lipinski definition) is 8. The second kappa shape index (κ2) is 12.8. The number of carbonyl (C=O) groups is 1. The van der Waals surface area contributed by atoms with Crippen LogP contribution in [0, 0.1) is 0 Å². The zero-order valence-corrected chi connectivity index (χ0v) is 24.5. The van der Waals surface area contributed by atoms with Crippen LogP contribution in [-0.2, 0) is 15.3 Å². The van der Waals surface area contributed by atoms with Crippen LogP contribution in [0.4, 0.5) is 5.95 Å². The van der Waals surface area contributed by atoms with E-state index >= 15 is 0 Å². The average Bonchev–Trinajstić information content (AvgIpc) is 3.35. The summed E-state index contributed by atoms with van der Waals surface area (Å²) < 4.78 is 19.8. The molecule has 3 aromatic rings. The van der Waals surface area contributed by atoms with Crippen molar-refractivity contribution in [3.05, 3.63) is 70.9 Å². The van der Waals surface area contributed by atoms with E-state index in [-0.39, 0.29) is 18.2 Å². The Bertz CT molecular complexity index is 1350. The summed E-state index contributed by atoms with van der Waals surface area (Å²) in [5.74, 6) is 2.31. The van der Waals surface area contributed by atoms with Gasteiger partial charge in [0.1, 0.15) is 12.1 Å². The molecule has 1 saturated carbocycles. The summed E-state index contributed by atoms with van der Waals surface area (Å²) in [5.41, 5.74) is 3.29. The summed E-state index contributed by atoms with van der Waals surface area (Å²) in [7, 11) is 0. The van der Waals surface area contributed by atoms with E-state index in [1.807, 2.05) is 64.1 Å². The molecule has 9 heteroatoms. The molecule has 1 aliphatic heterocycles. The third-order valence-electron chi connectivity index (χ3n) is 7.04. The highest BCUT2D eigenvalue weighted by Gasteiger charge is 2.37. The van der Waals surface area contributed by atoms with Crippen LogP contribution in [0.5, 0.6) is 11.5 Å². The number of allylic oxidation sites excluding steroid dienone is 1. The van der Waals surface area contributed by atoms with Crippen LogP contribution < -0.4 is 14.8 Å². The standard InChI is InChI=1S/C31H38N4O4S/c1-5-37-26-18-23(16-17-25(26)38-20(2)3)28-27(29(36)39-24-14-10-7-11-15-24)21(4)32-30-33-31(34-35(28)30)40-19-22-12-8-6-9-13-22/h6,8-9,12-13,16-18,20,24,28H,5,7,10-11,14-15,19H2,1-4H3,(H,32,33,34). The fourth-order valence-corrected chi connectivity index (χ4v) is 5.98. The molecule has 1 aromatic heterocycles. The van der Waals surface area contributed by atoms with Gasteiger partial charge >= 0.3 is 5.97 Å². The van der Waals surface area contributed by atoms with E-state index in [2.05, 4.69) is 17.4 Å². The lowest BCUT2D eigenvalue weighted by Crippen LogP contribution is -2.32. The maximum atomic E-state index is 13.8. The molecule has 2 heterocycles. The minimum Gasteiger partial charge on any atom is -0.490 e. The Morgan fingerprint density at radius 1 is 1.10 bits per heavy atom. The monoisotopic (exact) mass is 562 g/mol. The van der Waals surface area contributed by atoms with Crippen LogP contribution in [0.1, 0.15) is 77.0 Å². The first-order valence-corrected chi connectivity index (χ1v) is 15.2. The molecule has 0 bridgehead atoms. The number of nitrogens with zero attached hydrogens (tertiary/aromatic N) is 3. The van der Waals surface area contributed by atoms with Crippen molar-refractivity contribution in [1.82, 2.24) is 14.8 Å². The molecule has 212 valence electrons. The van der Waals surface area contributed by atoms with Crippen molar-refractivity contribution in [1.29, 1.82) is 0 Å². The van der Waals surface area contributed by atoms with E-state index in [0.29, 0.717) is 40.5 Å². The number of aromatic nitrogens is 3. The molecule has 1 aliphatic carbocycles. The van der Waals surface area contributed by atoms with Crippen LogP contribution in [-0.4, -0.2) is 39.5 Å². The molecule has 1 N–H and O–H groups in total. The lowest BCUT2D eigenvalue weighted by molar-refractivity contribution is -0.146. The third kappa shape index (κ3) is 6.46. The van der Waals surface area contributed by atoms with Gasteiger partial charge in [-0.1, -0.05) is 54.6 Å². The number of carbonyl (C=O) groups excluding carboxylic acids is 1. The van der Waals surface area contributed by atoms with Gasteiger partial charge in [0, 0.05) is 11.4 Å². The lowest BCUT2D eigenvalue weighted by atomic mass is 9.94. The minimum atomic E-state index is -0.529. The van der Waals surface area contributed by atoms with E-state index in [1.54, 1.807) is 16.4 Å². The van der Waals surface area contributed by atoms with E-state index in [9.17, 15) is 4.79 Å². The van der Waals surface area contributed by atoms with Crippen molar-refractivity contribution in [2.45, 2.75) is 89.0 Å². The number of nitrogens with one attached hydrogen (secondary N) is 1. The summed E-state index contributed by atoms with van der Waals surface area (Å²) in [6.07, 6.45) is 5.11. The molecule has 1 atom stereocenters. The highest BCUT2D eigenvalue weighted by Crippen LogP contribution is 2.40. The molecule has 0 spiro atoms. The molecule has 8 nitrogen and oxygen atoms in total. The SMILES string of the molecule is CCOc1cc(C2C(C(=O)OC3CCCCC3)=C(C)Nc3nc(SCc4ccccc4)nn32)ccc1OC(C)C. The molecule has 5 rings (SSSR count). The average molecular weight is 563 g/mol. The van der Waals surface area contributed by atoms with E-state index in [1.165, 1.54) is 12.0 Å². The molecule has 0 saturated heterocycles. The van der Waals surface area contributed by atoms with Crippen LogP contribution >= 0.6 is 11.8 Å². The van der Waals surface area contributed by atoms with Crippen LogP contribution in [0.25, 0.3) is 0 Å². The number of rotatable bonds is 10. The third-order valence-corrected chi connectivity index (χ3v) is 7.94. The first-order chi connectivity index (χ1) is 19.4. The van der Waals surface area contributed by atoms with E-state index < -0.39 is 6.04 Å².